The molecule has 3 aliphatic rings. The highest BCUT2D eigenvalue weighted by Gasteiger charge is 2.58. The summed E-state index contributed by atoms with van der Waals surface area (Å²) in [6, 6.07) is 9.16. The first kappa shape index (κ1) is 12.9. The normalized spacial score (nSPS) is 34.5. The first-order chi connectivity index (χ1) is 9.81. The van der Waals surface area contributed by atoms with E-state index in [1.54, 1.807) is 0 Å². The van der Waals surface area contributed by atoms with E-state index in [-0.39, 0.29) is 5.92 Å². The molecule has 2 nitrogen and oxygen atoms in total. The van der Waals surface area contributed by atoms with Crippen LogP contribution in [0.4, 0.5) is 0 Å². The summed E-state index contributed by atoms with van der Waals surface area (Å²) < 4.78 is 0. The number of nitrogens with zero attached hydrogens (tertiary/aromatic N) is 1. The van der Waals surface area contributed by atoms with Gasteiger partial charge in [0.2, 0.25) is 5.91 Å². The summed E-state index contributed by atoms with van der Waals surface area (Å²) in [5.74, 6) is 1.84. The Bertz CT molecular complexity index is 544. The lowest BCUT2D eigenvalue weighted by atomic mass is 9.92. The van der Waals surface area contributed by atoms with Crippen LogP contribution in [-0.4, -0.2) is 28.7 Å². The zero-order valence-electron chi connectivity index (χ0n) is 11.6. The predicted molar refractivity (Wildman–Crippen MR) is 83.0 cm³/mol. The fourth-order valence-corrected chi connectivity index (χ4v) is 5.05. The molecule has 4 unspecified atom stereocenters. The van der Waals surface area contributed by atoms with E-state index in [9.17, 15) is 4.79 Å². The average Bonchev–Trinajstić information content (AvgIpc) is 3.04. The van der Waals surface area contributed by atoms with Gasteiger partial charge in [0.1, 0.15) is 0 Å². The van der Waals surface area contributed by atoms with Crippen LogP contribution in [0.25, 0.3) is 0 Å². The summed E-state index contributed by atoms with van der Waals surface area (Å²) in [6.45, 7) is 0.965. The molecule has 3 heteroatoms. The second-order valence-electron chi connectivity index (χ2n) is 6.43. The van der Waals surface area contributed by atoms with Gasteiger partial charge in [-0.2, -0.15) is 0 Å². The van der Waals surface area contributed by atoms with Gasteiger partial charge < -0.3 is 4.90 Å². The van der Waals surface area contributed by atoms with Crippen molar-refractivity contribution >= 4 is 21.8 Å². The molecule has 4 rings (SSSR count). The number of halogens is 1. The van der Waals surface area contributed by atoms with Gasteiger partial charge in [-0.25, -0.2) is 0 Å². The van der Waals surface area contributed by atoms with Gasteiger partial charge in [-0.15, -0.1) is 0 Å². The molecule has 2 fully saturated rings. The topological polar surface area (TPSA) is 20.3 Å². The summed E-state index contributed by atoms with van der Waals surface area (Å²) in [5, 5.41) is 0.928. The Morgan fingerprint density at radius 2 is 2.15 bits per heavy atom. The van der Waals surface area contributed by atoms with Gasteiger partial charge in [-0.05, 0) is 48.6 Å². The number of hydrogen-bond donors (Lipinski definition) is 0. The molecule has 20 heavy (non-hydrogen) atoms. The predicted octanol–water partition coefficient (Wildman–Crippen LogP) is 3.35. The second-order valence-corrected chi connectivity index (χ2v) is 7.08. The molecule has 2 aliphatic carbocycles. The molecule has 0 radical (unpaired) electrons. The third-order valence-electron chi connectivity index (χ3n) is 5.45. The maximum Gasteiger partial charge on any atom is 0.226 e. The summed E-state index contributed by atoms with van der Waals surface area (Å²) >= 11 is 3.56. The van der Waals surface area contributed by atoms with Crippen molar-refractivity contribution in [2.24, 2.45) is 11.8 Å². The Kier molecular flexibility index (Phi) is 3.13. The molecular weight excluding hydrogens is 314 g/mol. The van der Waals surface area contributed by atoms with Gasteiger partial charge in [-0.1, -0.05) is 40.2 Å². The highest BCUT2D eigenvalue weighted by Crippen LogP contribution is 2.60. The van der Waals surface area contributed by atoms with E-state index in [0.29, 0.717) is 23.8 Å². The van der Waals surface area contributed by atoms with Crippen molar-refractivity contribution in [2.45, 2.75) is 37.6 Å². The minimum absolute atomic E-state index is 0.276. The maximum atomic E-state index is 12.9. The molecule has 0 spiro atoms. The molecule has 1 heterocycles. The van der Waals surface area contributed by atoms with Crippen LogP contribution in [0.3, 0.4) is 0 Å². The fourth-order valence-electron chi connectivity index (χ4n) is 4.38. The number of hydrogen-bond acceptors (Lipinski definition) is 1. The number of fused-ring (bicyclic) bond motifs is 3. The number of benzene rings is 1. The molecule has 0 N–H and O–H groups in total. The van der Waals surface area contributed by atoms with Gasteiger partial charge >= 0.3 is 0 Å². The Labute approximate surface area is 128 Å². The summed E-state index contributed by atoms with van der Waals surface area (Å²) in [5.41, 5.74) is 2.93. The molecule has 1 aromatic rings. The number of rotatable bonds is 2. The average molecular weight is 334 g/mol. The standard InChI is InChI=1S/C17H20BrNO/c18-10-12-5-3-9-19(12)17(20)16-14-8-7-11-4-1-2-6-13(11)15(14)16/h1-2,4,6,12,14-16H,3,5,7-10H2. The minimum atomic E-state index is 0.276. The molecular formula is C17H20BrNO. The highest BCUT2D eigenvalue weighted by atomic mass is 79.9. The van der Waals surface area contributed by atoms with Crippen LogP contribution < -0.4 is 0 Å². The van der Waals surface area contributed by atoms with Gasteiger partial charge in [-0.3, -0.25) is 4.79 Å². The molecule has 0 bridgehead atoms. The van der Waals surface area contributed by atoms with E-state index in [4.69, 9.17) is 0 Å². The SMILES string of the molecule is O=C(C1C2CCc3ccccc3C21)N1CCCC1CBr. The van der Waals surface area contributed by atoms with Crippen LogP contribution in [0.2, 0.25) is 0 Å². The maximum absolute atomic E-state index is 12.9. The first-order valence-corrected chi connectivity index (χ1v) is 8.87. The lowest BCUT2D eigenvalue weighted by molar-refractivity contribution is -0.133. The molecule has 1 amide bonds. The van der Waals surface area contributed by atoms with Crippen molar-refractivity contribution in [3.63, 3.8) is 0 Å². The Balaban J connectivity index is 1.56. The van der Waals surface area contributed by atoms with E-state index in [1.165, 1.54) is 24.0 Å². The zero-order valence-corrected chi connectivity index (χ0v) is 13.2. The van der Waals surface area contributed by atoms with Crippen molar-refractivity contribution in [3.05, 3.63) is 35.4 Å². The van der Waals surface area contributed by atoms with Crippen LogP contribution in [0, 0.1) is 11.8 Å². The van der Waals surface area contributed by atoms with E-state index in [2.05, 4.69) is 45.1 Å². The van der Waals surface area contributed by atoms with Crippen LogP contribution in [-0.2, 0) is 11.2 Å². The number of likely N-dealkylation sites (tertiary alicyclic amines) is 1. The third-order valence-corrected chi connectivity index (χ3v) is 6.20. The van der Waals surface area contributed by atoms with E-state index in [0.717, 1.165) is 24.7 Å². The van der Waals surface area contributed by atoms with E-state index < -0.39 is 0 Å². The summed E-state index contributed by atoms with van der Waals surface area (Å²) in [4.78, 5) is 15.0. The lowest BCUT2D eigenvalue weighted by Gasteiger charge is -2.23. The molecule has 1 aliphatic heterocycles. The van der Waals surface area contributed by atoms with Crippen molar-refractivity contribution < 1.29 is 4.79 Å². The summed E-state index contributed by atoms with van der Waals surface area (Å²) in [7, 11) is 0. The zero-order chi connectivity index (χ0) is 13.7. The van der Waals surface area contributed by atoms with Crippen LogP contribution in [0.5, 0.6) is 0 Å². The third kappa shape index (κ3) is 1.86. The van der Waals surface area contributed by atoms with Gasteiger partial charge in [0.25, 0.3) is 0 Å². The smallest absolute Gasteiger partial charge is 0.226 e. The number of carbonyl (C=O) groups excluding carboxylic acids is 1. The Hall–Kier alpha value is -0.830. The minimum Gasteiger partial charge on any atom is -0.339 e. The fraction of sp³-hybridized carbons (Fsp3) is 0.588. The lowest BCUT2D eigenvalue weighted by Crippen LogP contribution is -2.38. The Morgan fingerprint density at radius 3 is 3.00 bits per heavy atom. The van der Waals surface area contributed by atoms with E-state index >= 15 is 0 Å². The molecule has 1 aromatic carbocycles. The van der Waals surface area contributed by atoms with Crippen molar-refractivity contribution in [2.75, 3.05) is 11.9 Å². The van der Waals surface area contributed by atoms with Gasteiger partial charge in [0.15, 0.2) is 0 Å². The number of carbonyl (C=O) groups is 1. The van der Waals surface area contributed by atoms with E-state index in [1.807, 2.05) is 0 Å². The number of alkyl halides is 1. The van der Waals surface area contributed by atoms with Gasteiger partial charge in [0.05, 0.1) is 0 Å². The van der Waals surface area contributed by atoms with Crippen molar-refractivity contribution in [3.8, 4) is 0 Å². The Morgan fingerprint density at radius 1 is 1.30 bits per heavy atom. The number of amides is 1. The molecule has 106 valence electrons. The van der Waals surface area contributed by atoms with Crippen molar-refractivity contribution in [1.29, 1.82) is 0 Å². The first-order valence-electron chi connectivity index (χ1n) is 7.75. The molecule has 4 atom stereocenters. The molecule has 1 saturated carbocycles. The molecule has 1 saturated heterocycles. The highest BCUT2D eigenvalue weighted by molar-refractivity contribution is 9.09. The largest absolute Gasteiger partial charge is 0.339 e. The number of aryl methyl sites for hydroxylation is 1. The van der Waals surface area contributed by atoms with Crippen molar-refractivity contribution in [1.82, 2.24) is 4.90 Å². The quantitative estimate of drug-likeness (QED) is 0.760. The summed E-state index contributed by atoms with van der Waals surface area (Å²) in [6.07, 6.45) is 4.68. The monoisotopic (exact) mass is 333 g/mol. The van der Waals surface area contributed by atoms with Crippen LogP contribution in [0.15, 0.2) is 24.3 Å². The second kappa shape index (κ2) is 4.87. The van der Waals surface area contributed by atoms with Gasteiger partial charge in [0, 0.05) is 23.8 Å². The van der Waals surface area contributed by atoms with Crippen LogP contribution >= 0.6 is 15.9 Å². The molecule has 0 aromatic heterocycles. The van der Waals surface area contributed by atoms with Crippen LogP contribution in [0.1, 0.15) is 36.3 Å².